The molecule has 1 saturated carbocycles. The maximum Gasteiger partial charge on any atom is 0.157 e. The summed E-state index contributed by atoms with van der Waals surface area (Å²) in [6.45, 7) is 0.432. The van der Waals surface area contributed by atoms with E-state index in [2.05, 4.69) is 15.3 Å². The lowest BCUT2D eigenvalue weighted by Crippen LogP contribution is -2.11. The molecule has 0 unspecified atom stereocenters. The van der Waals surface area contributed by atoms with Crippen molar-refractivity contribution in [3.63, 3.8) is 0 Å². The van der Waals surface area contributed by atoms with Crippen molar-refractivity contribution >= 4 is 23.1 Å². The number of aliphatic hydroxyl groups excluding tert-OH is 1. The van der Waals surface area contributed by atoms with E-state index in [0.717, 1.165) is 18.7 Å². The standard InChI is InChI=1S/C9H13ClN4O/c10-7-6(11)9(12-3-4-15)14-8(13-7)5-1-2-5/h5,15H,1-4,11H2,(H,12,13,14). The smallest absolute Gasteiger partial charge is 0.157 e. The van der Waals surface area contributed by atoms with Crippen LogP contribution >= 0.6 is 11.6 Å². The first-order valence-corrected chi connectivity index (χ1v) is 5.28. The fourth-order valence-corrected chi connectivity index (χ4v) is 1.47. The van der Waals surface area contributed by atoms with E-state index < -0.39 is 0 Å². The average molecular weight is 229 g/mol. The Kier molecular flexibility index (Phi) is 2.93. The van der Waals surface area contributed by atoms with Gasteiger partial charge in [0, 0.05) is 12.5 Å². The van der Waals surface area contributed by atoms with Crippen LogP contribution in [-0.4, -0.2) is 28.2 Å². The van der Waals surface area contributed by atoms with Gasteiger partial charge < -0.3 is 16.2 Å². The summed E-state index contributed by atoms with van der Waals surface area (Å²) in [5.74, 6) is 1.69. The molecule has 0 spiro atoms. The van der Waals surface area contributed by atoms with Crippen molar-refractivity contribution < 1.29 is 5.11 Å². The van der Waals surface area contributed by atoms with Crippen molar-refractivity contribution in [1.82, 2.24) is 9.97 Å². The largest absolute Gasteiger partial charge is 0.395 e. The number of nitrogens with two attached hydrogens (primary N) is 1. The van der Waals surface area contributed by atoms with Crippen molar-refractivity contribution in [3.05, 3.63) is 11.0 Å². The third kappa shape index (κ3) is 2.30. The highest BCUT2D eigenvalue weighted by Gasteiger charge is 2.28. The number of hydrogen-bond acceptors (Lipinski definition) is 5. The lowest BCUT2D eigenvalue weighted by Gasteiger charge is -2.09. The summed E-state index contributed by atoms with van der Waals surface area (Å²) in [6.07, 6.45) is 2.22. The van der Waals surface area contributed by atoms with E-state index in [4.69, 9.17) is 22.4 Å². The number of nitrogens with zero attached hydrogens (tertiary/aromatic N) is 2. The second kappa shape index (κ2) is 4.20. The molecular weight excluding hydrogens is 216 g/mol. The summed E-state index contributed by atoms with van der Waals surface area (Å²) in [7, 11) is 0. The van der Waals surface area contributed by atoms with Gasteiger partial charge in [-0.3, -0.25) is 0 Å². The number of aromatic nitrogens is 2. The molecular formula is C9H13ClN4O. The molecule has 82 valence electrons. The molecule has 1 aliphatic carbocycles. The van der Waals surface area contributed by atoms with E-state index >= 15 is 0 Å². The maximum absolute atomic E-state index is 8.70. The SMILES string of the molecule is Nc1c(Cl)nc(C2CC2)nc1NCCO. The number of halogens is 1. The monoisotopic (exact) mass is 228 g/mol. The summed E-state index contributed by atoms with van der Waals surface area (Å²) in [6, 6.07) is 0. The van der Waals surface area contributed by atoms with Gasteiger partial charge in [-0.2, -0.15) is 0 Å². The van der Waals surface area contributed by atoms with Crippen molar-refractivity contribution in [2.75, 3.05) is 24.2 Å². The highest BCUT2D eigenvalue weighted by atomic mass is 35.5. The molecule has 0 atom stereocenters. The topological polar surface area (TPSA) is 84.1 Å². The van der Waals surface area contributed by atoms with Crippen LogP contribution in [0.3, 0.4) is 0 Å². The molecule has 4 N–H and O–H groups in total. The van der Waals surface area contributed by atoms with Crippen LogP contribution in [0.4, 0.5) is 11.5 Å². The third-order valence-electron chi connectivity index (χ3n) is 2.26. The second-order valence-electron chi connectivity index (χ2n) is 3.56. The quantitative estimate of drug-likeness (QED) is 0.670. The number of aliphatic hydroxyl groups is 1. The molecule has 0 saturated heterocycles. The zero-order chi connectivity index (χ0) is 10.8. The van der Waals surface area contributed by atoms with Gasteiger partial charge in [-0.25, -0.2) is 9.97 Å². The van der Waals surface area contributed by atoms with E-state index in [1.807, 2.05) is 0 Å². The van der Waals surface area contributed by atoms with E-state index in [-0.39, 0.29) is 11.8 Å². The molecule has 6 heteroatoms. The van der Waals surface area contributed by atoms with Crippen molar-refractivity contribution in [3.8, 4) is 0 Å². The van der Waals surface area contributed by atoms with Crippen molar-refractivity contribution in [2.24, 2.45) is 0 Å². The van der Waals surface area contributed by atoms with Crippen LogP contribution in [0.5, 0.6) is 0 Å². The van der Waals surface area contributed by atoms with Gasteiger partial charge >= 0.3 is 0 Å². The number of rotatable bonds is 4. The molecule has 0 aliphatic heterocycles. The van der Waals surface area contributed by atoms with Gasteiger partial charge in [0.1, 0.15) is 11.5 Å². The number of anilines is 2. The fraction of sp³-hybridized carbons (Fsp3) is 0.556. The van der Waals surface area contributed by atoms with Gasteiger partial charge in [0.15, 0.2) is 11.0 Å². The Morgan fingerprint density at radius 2 is 2.20 bits per heavy atom. The normalized spacial score (nSPS) is 15.3. The summed E-state index contributed by atoms with van der Waals surface area (Å²) in [4.78, 5) is 8.42. The Morgan fingerprint density at radius 1 is 1.47 bits per heavy atom. The summed E-state index contributed by atoms with van der Waals surface area (Å²) < 4.78 is 0. The highest BCUT2D eigenvalue weighted by Crippen LogP contribution is 2.39. The molecule has 5 nitrogen and oxygen atoms in total. The third-order valence-corrected chi connectivity index (χ3v) is 2.55. The fourth-order valence-electron chi connectivity index (χ4n) is 1.29. The van der Waals surface area contributed by atoms with Crippen LogP contribution in [0.15, 0.2) is 0 Å². The van der Waals surface area contributed by atoms with Gasteiger partial charge in [-0.1, -0.05) is 11.6 Å². The Hall–Kier alpha value is -1.07. The summed E-state index contributed by atoms with van der Waals surface area (Å²) in [5.41, 5.74) is 6.05. The number of nitrogen functional groups attached to an aromatic ring is 1. The number of hydrogen-bond donors (Lipinski definition) is 3. The predicted octanol–water partition coefficient (Wildman–Crippen LogP) is 0.994. The predicted molar refractivity (Wildman–Crippen MR) is 59.0 cm³/mol. The molecule has 0 amide bonds. The van der Waals surface area contributed by atoms with Crippen LogP contribution in [-0.2, 0) is 0 Å². The molecule has 2 rings (SSSR count). The first-order valence-electron chi connectivity index (χ1n) is 4.90. The number of nitrogens with one attached hydrogen (secondary N) is 1. The van der Waals surface area contributed by atoms with Crippen LogP contribution in [0, 0.1) is 0 Å². The van der Waals surface area contributed by atoms with Crippen LogP contribution in [0.25, 0.3) is 0 Å². The Bertz CT molecular complexity index is 367. The first-order chi connectivity index (χ1) is 7.22. The molecule has 1 fully saturated rings. The van der Waals surface area contributed by atoms with Crippen LogP contribution in [0.2, 0.25) is 5.15 Å². The Labute approximate surface area is 92.7 Å². The van der Waals surface area contributed by atoms with Gasteiger partial charge in [-0.05, 0) is 12.8 Å². The van der Waals surface area contributed by atoms with E-state index in [9.17, 15) is 0 Å². The van der Waals surface area contributed by atoms with Crippen LogP contribution < -0.4 is 11.1 Å². The maximum atomic E-state index is 8.70. The second-order valence-corrected chi connectivity index (χ2v) is 3.92. The lowest BCUT2D eigenvalue weighted by molar-refractivity contribution is 0.311. The molecule has 1 aromatic heterocycles. The van der Waals surface area contributed by atoms with E-state index in [1.165, 1.54) is 0 Å². The molecule has 1 aromatic rings. The zero-order valence-electron chi connectivity index (χ0n) is 8.20. The van der Waals surface area contributed by atoms with Gasteiger partial charge in [0.05, 0.1) is 6.61 Å². The van der Waals surface area contributed by atoms with Gasteiger partial charge in [-0.15, -0.1) is 0 Å². The Balaban J connectivity index is 2.25. The van der Waals surface area contributed by atoms with Gasteiger partial charge in [0.25, 0.3) is 0 Å². The molecule has 1 aliphatic rings. The average Bonchev–Trinajstić information content (AvgIpc) is 3.03. The van der Waals surface area contributed by atoms with Crippen molar-refractivity contribution in [1.29, 1.82) is 0 Å². The molecule has 0 radical (unpaired) electrons. The highest BCUT2D eigenvalue weighted by molar-refractivity contribution is 6.32. The van der Waals surface area contributed by atoms with Crippen LogP contribution in [0.1, 0.15) is 24.6 Å². The molecule has 15 heavy (non-hydrogen) atoms. The Morgan fingerprint density at radius 3 is 2.80 bits per heavy atom. The minimum Gasteiger partial charge on any atom is -0.395 e. The summed E-state index contributed by atoms with van der Waals surface area (Å²) >= 11 is 5.89. The molecule has 1 heterocycles. The zero-order valence-corrected chi connectivity index (χ0v) is 8.96. The molecule has 0 bridgehead atoms. The van der Waals surface area contributed by atoms with Gasteiger partial charge in [0.2, 0.25) is 0 Å². The van der Waals surface area contributed by atoms with Crippen molar-refractivity contribution in [2.45, 2.75) is 18.8 Å². The van der Waals surface area contributed by atoms with E-state index in [0.29, 0.717) is 24.0 Å². The lowest BCUT2D eigenvalue weighted by atomic mass is 10.3. The minimum atomic E-state index is 0.0276. The first kappa shape index (κ1) is 10.4. The summed E-state index contributed by atoms with van der Waals surface area (Å²) in [5, 5.41) is 11.9. The van der Waals surface area contributed by atoms with E-state index in [1.54, 1.807) is 0 Å². The molecule has 0 aromatic carbocycles. The minimum absolute atomic E-state index is 0.0276.